The first-order valence-electron chi connectivity index (χ1n) is 9.15. The molecule has 0 bridgehead atoms. The molecule has 0 saturated carbocycles. The van der Waals surface area contributed by atoms with E-state index in [0.717, 1.165) is 19.4 Å². The van der Waals surface area contributed by atoms with Crippen molar-refractivity contribution in [2.75, 3.05) is 30.6 Å². The number of hydrogen-bond acceptors (Lipinski definition) is 3. The number of aryl methyl sites for hydroxylation is 2. The minimum absolute atomic E-state index is 0.160. The van der Waals surface area contributed by atoms with Crippen molar-refractivity contribution in [3.8, 4) is 0 Å². The molecule has 8 heteroatoms. The molecule has 3 N–H and O–H groups in total. The Labute approximate surface area is 166 Å². The summed E-state index contributed by atoms with van der Waals surface area (Å²) in [6.45, 7) is 2.53. The van der Waals surface area contributed by atoms with E-state index in [1.165, 1.54) is 23.8 Å². The van der Waals surface area contributed by atoms with Gasteiger partial charge in [0.2, 0.25) is 10.0 Å². The van der Waals surface area contributed by atoms with Gasteiger partial charge >= 0.3 is 0 Å². The molecule has 2 aromatic carbocycles. The molecular formula is C20H27FN4O2S. The third-order valence-corrected chi connectivity index (χ3v) is 5.40. The lowest BCUT2D eigenvalue weighted by Crippen LogP contribution is -2.40. The molecule has 0 aliphatic rings. The van der Waals surface area contributed by atoms with Crippen molar-refractivity contribution >= 4 is 21.7 Å². The van der Waals surface area contributed by atoms with Crippen LogP contribution in [-0.2, 0) is 16.4 Å². The average Bonchev–Trinajstić information content (AvgIpc) is 2.67. The van der Waals surface area contributed by atoms with E-state index >= 15 is 0 Å². The summed E-state index contributed by atoms with van der Waals surface area (Å²) in [5.74, 6) is -0.0594. The predicted octanol–water partition coefficient (Wildman–Crippen LogP) is 2.67. The minimum atomic E-state index is -3.59. The second kappa shape index (κ2) is 10.7. The van der Waals surface area contributed by atoms with Gasteiger partial charge in [0.15, 0.2) is 5.96 Å². The Morgan fingerprint density at radius 3 is 2.46 bits per heavy atom. The van der Waals surface area contributed by atoms with Gasteiger partial charge in [0.05, 0.1) is 11.4 Å². The molecule has 152 valence electrons. The third-order valence-electron chi connectivity index (χ3n) is 4.11. The largest absolute Gasteiger partial charge is 0.356 e. The maximum absolute atomic E-state index is 13.5. The normalized spacial score (nSPS) is 11.9. The van der Waals surface area contributed by atoms with Crippen molar-refractivity contribution in [1.29, 1.82) is 0 Å². The van der Waals surface area contributed by atoms with E-state index < -0.39 is 15.8 Å². The van der Waals surface area contributed by atoms with E-state index in [0.29, 0.717) is 11.5 Å². The fraction of sp³-hybridized carbons (Fsp3) is 0.350. The monoisotopic (exact) mass is 406 g/mol. The summed E-state index contributed by atoms with van der Waals surface area (Å²) in [6, 6.07) is 14.4. The van der Waals surface area contributed by atoms with E-state index in [9.17, 15) is 12.8 Å². The Hall–Kier alpha value is -2.61. The fourth-order valence-corrected chi connectivity index (χ4v) is 3.51. The van der Waals surface area contributed by atoms with Gasteiger partial charge in [0, 0.05) is 20.1 Å². The Kier molecular flexibility index (Phi) is 8.25. The summed E-state index contributed by atoms with van der Waals surface area (Å²) in [5, 5.41) is 6.14. The molecule has 0 saturated heterocycles. The second-order valence-corrected chi connectivity index (χ2v) is 8.24. The summed E-state index contributed by atoms with van der Waals surface area (Å²) < 4.78 is 40.2. The minimum Gasteiger partial charge on any atom is -0.356 e. The van der Waals surface area contributed by atoms with E-state index in [4.69, 9.17) is 0 Å². The highest BCUT2D eigenvalue weighted by atomic mass is 32.2. The number of benzene rings is 2. The Morgan fingerprint density at radius 2 is 1.79 bits per heavy atom. The molecule has 0 fully saturated rings. The van der Waals surface area contributed by atoms with E-state index in [1.54, 1.807) is 14.0 Å². The molecule has 0 radical (unpaired) electrons. The average molecular weight is 407 g/mol. The molecule has 2 aromatic rings. The quantitative estimate of drug-likeness (QED) is 0.340. The molecule has 0 aromatic heterocycles. The molecule has 6 nitrogen and oxygen atoms in total. The van der Waals surface area contributed by atoms with Gasteiger partial charge in [-0.1, -0.05) is 36.4 Å². The van der Waals surface area contributed by atoms with Crippen LogP contribution in [0.25, 0.3) is 0 Å². The third kappa shape index (κ3) is 7.56. The summed E-state index contributed by atoms with van der Waals surface area (Å²) in [6.07, 6.45) is 1.89. The van der Waals surface area contributed by atoms with Crippen LogP contribution in [0.5, 0.6) is 0 Å². The maximum atomic E-state index is 13.5. The van der Waals surface area contributed by atoms with Crippen molar-refractivity contribution in [3.63, 3.8) is 0 Å². The number of halogens is 1. The van der Waals surface area contributed by atoms with Crippen LogP contribution in [0, 0.1) is 12.7 Å². The van der Waals surface area contributed by atoms with Crippen molar-refractivity contribution in [2.24, 2.45) is 4.99 Å². The van der Waals surface area contributed by atoms with Crippen molar-refractivity contribution < 1.29 is 12.8 Å². The van der Waals surface area contributed by atoms with Crippen molar-refractivity contribution in [3.05, 3.63) is 65.5 Å². The summed E-state index contributed by atoms with van der Waals surface area (Å²) in [7, 11) is -1.96. The number of aliphatic imine (C=N–C) groups is 1. The first-order chi connectivity index (χ1) is 13.4. The van der Waals surface area contributed by atoms with Crippen molar-refractivity contribution in [1.82, 2.24) is 10.6 Å². The van der Waals surface area contributed by atoms with Crippen LogP contribution in [0.2, 0.25) is 0 Å². The predicted molar refractivity (Wildman–Crippen MR) is 113 cm³/mol. The van der Waals surface area contributed by atoms with Gasteiger partial charge in [-0.3, -0.25) is 9.71 Å². The fourth-order valence-electron chi connectivity index (χ4n) is 2.56. The number of sulfonamides is 1. The molecule has 0 aliphatic carbocycles. The summed E-state index contributed by atoms with van der Waals surface area (Å²) in [4.78, 5) is 4.09. The van der Waals surface area contributed by atoms with Crippen LogP contribution in [0.15, 0.2) is 53.5 Å². The van der Waals surface area contributed by atoms with Gasteiger partial charge in [-0.25, -0.2) is 12.8 Å². The molecule has 0 aliphatic heterocycles. The first-order valence-corrected chi connectivity index (χ1v) is 10.8. The van der Waals surface area contributed by atoms with E-state index in [-0.39, 0.29) is 18.0 Å². The van der Waals surface area contributed by atoms with Gasteiger partial charge < -0.3 is 10.6 Å². The number of anilines is 1. The van der Waals surface area contributed by atoms with Crippen LogP contribution in [0.3, 0.4) is 0 Å². The van der Waals surface area contributed by atoms with Crippen LogP contribution in [-0.4, -0.2) is 40.3 Å². The second-order valence-electron chi connectivity index (χ2n) is 6.40. The van der Waals surface area contributed by atoms with Crippen LogP contribution >= 0.6 is 0 Å². The van der Waals surface area contributed by atoms with Crippen LogP contribution < -0.4 is 15.4 Å². The van der Waals surface area contributed by atoms with Crippen LogP contribution in [0.4, 0.5) is 10.1 Å². The zero-order valence-electron chi connectivity index (χ0n) is 16.2. The first kappa shape index (κ1) is 21.7. The zero-order valence-corrected chi connectivity index (χ0v) is 17.0. The molecular weight excluding hydrogens is 379 g/mol. The summed E-state index contributed by atoms with van der Waals surface area (Å²) in [5.41, 5.74) is 1.95. The standard InChI is InChI=1S/C20H27FN4O2S/c1-16-10-11-18(15-19(16)21)25-28(26,27)14-13-24-20(22-2)23-12-6-9-17-7-4-3-5-8-17/h3-5,7-8,10-11,15,25H,6,9,12-14H2,1-2H3,(H2,22,23,24). The molecule has 0 atom stereocenters. The lowest BCUT2D eigenvalue weighted by molar-refractivity contribution is 0.599. The Bertz CT molecular complexity index is 886. The Balaban J connectivity index is 1.71. The lowest BCUT2D eigenvalue weighted by Gasteiger charge is -2.13. The molecule has 28 heavy (non-hydrogen) atoms. The number of guanidine groups is 1. The molecule has 0 amide bonds. The SMILES string of the molecule is CN=C(NCCCc1ccccc1)NCCS(=O)(=O)Nc1ccc(C)c(F)c1. The lowest BCUT2D eigenvalue weighted by atomic mass is 10.1. The van der Waals surface area contributed by atoms with Gasteiger partial charge in [-0.15, -0.1) is 0 Å². The highest BCUT2D eigenvalue weighted by molar-refractivity contribution is 7.92. The number of nitrogens with one attached hydrogen (secondary N) is 3. The summed E-state index contributed by atoms with van der Waals surface area (Å²) >= 11 is 0. The molecule has 0 heterocycles. The highest BCUT2D eigenvalue weighted by Gasteiger charge is 2.11. The van der Waals surface area contributed by atoms with E-state index in [2.05, 4.69) is 32.5 Å². The number of hydrogen-bond donors (Lipinski definition) is 3. The Morgan fingerprint density at radius 1 is 1.07 bits per heavy atom. The molecule has 2 rings (SSSR count). The van der Waals surface area contributed by atoms with Gasteiger partial charge in [-0.2, -0.15) is 0 Å². The van der Waals surface area contributed by atoms with Gasteiger partial charge in [0.25, 0.3) is 0 Å². The highest BCUT2D eigenvalue weighted by Crippen LogP contribution is 2.14. The van der Waals surface area contributed by atoms with E-state index in [1.807, 2.05) is 18.2 Å². The molecule has 0 spiro atoms. The number of rotatable bonds is 9. The van der Waals surface area contributed by atoms with Crippen LogP contribution in [0.1, 0.15) is 17.5 Å². The zero-order chi connectivity index (χ0) is 20.4. The maximum Gasteiger partial charge on any atom is 0.234 e. The molecule has 0 unspecified atom stereocenters. The topological polar surface area (TPSA) is 82.6 Å². The smallest absolute Gasteiger partial charge is 0.234 e. The van der Waals surface area contributed by atoms with Gasteiger partial charge in [-0.05, 0) is 43.0 Å². The van der Waals surface area contributed by atoms with Gasteiger partial charge in [0.1, 0.15) is 5.82 Å². The van der Waals surface area contributed by atoms with Crippen molar-refractivity contribution in [2.45, 2.75) is 19.8 Å². The number of nitrogens with zero attached hydrogens (tertiary/aromatic N) is 1.